The van der Waals surface area contributed by atoms with Crippen LogP contribution >= 0.6 is 0 Å². The molecule has 1 aromatic heterocycles. The number of carboxylic acids is 1. The Morgan fingerprint density at radius 2 is 2.19 bits per heavy atom. The lowest BCUT2D eigenvalue weighted by molar-refractivity contribution is -0.384. The van der Waals surface area contributed by atoms with Gasteiger partial charge < -0.3 is 14.6 Å². The van der Waals surface area contributed by atoms with Gasteiger partial charge in [-0.15, -0.1) is 10.2 Å². The summed E-state index contributed by atoms with van der Waals surface area (Å²) in [4.78, 5) is 23.5. The smallest absolute Gasteiger partial charge is 0.342 e. The molecule has 0 aliphatic carbocycles. The summed E-state index contributed by atoms with van der Waals surface area (Å²) >= 11 is 0. The summed E-state index contributed by atoms with van der Waals surface area (Å²) in [6, 6.07) is 4.29. The number of nitrogens with zero attached hydrogens (tertiary/aromatic N) is 5. The zero-order valence-corrected chi connectivity index (χ0v) is 10.8. The molecule has 3 rings (SSSR count). The van der Waals surface area contributed by atoms with Crippen LogP contribution in [-0.4, -0.2) is 37.3 Å². The van der Waals surface area contributed by atoms with Gasteiger partial charge in [-0.25, -0.2) is 4.79 Å². The van der Waals surface area contributed by atoms with E-state index in [1.807, 2.05) is 4.57 Å². The van der Waals surface area contributed by atoms with Crippen molar-refractivity contribution in [2.24, 2.45) is 0 Å². The third-order valence-electron chi connectivity index (χ3n) is 3.41. The second-order valence-electron chi connectivity index (χ2n) is 4.60. The van der Waals surface area contributed by atoms with Gasteiger partial charge in [-0.2, -0.15) is 0 Å². The van der Waals surface area contributed by atoms with Gasteiger partial charge in [0.1, 0.15) is 17.6 Å². The van der Waals surface area contributed by atoms with Gasteiger partial charge in [-0.3, -0.25) is 10.1 Å². The van der Waals surface area contributed by atoms with E-state index in [4.69, 9.17) is 5.11 Å². The van der Waals surface area contributed by atoms with E-state index >= 15 is 0 Å². The van der Waals surface area contributed by atoms with Crippen LogP contribution in [0, 0.1) is 10.1 Å². The van der Waals surface area contributed by atoms with E-state index in [0.717, 1.165) is 0 Å². The highest BCUT2D eigenvalue weighted by molar-refractivity contribution is 5.95. The van der Waals surface area contributed by atoms with Gasteiger partial charge in [0.05, 0.1) is 11.5 Å². The zero-order valence-electron chi connectivity index (χ0n) is 10.8. The highest BCUT2D eigenvalue weighted by atomic mass is 16.6. The normalized spacial score (nSPS) is 13.8. The fraction of sp³-hybridized carbons (Fsp3) is 0.250. The average Bonchev–Trinajstić information content (AvgIpc) is 2.93. The van der Waals surface area contributed by atoms with Gasteiger partial charge in [-0.05, 0) is 12.1 Å². The Hall–Kier alpha value is -2.97. The summed E-state index contributed by atoms with van der Waals surface area (Å²) in [5.74, 6) is -0.625. The van der Waals surface area contributed by atoms with Crippen LogP contribution in [0.1, 0.15) is 16.2 Å². The molecule has 9 nitrogen and oxygen atoms in total. The molecule has 2 heterocycles. The van der Waals surface area contributed by atoms with Gasteiger partial charge in [0, 0.05) is 13.1 Å². The summed E-state index contributed by atoms with van der Waals surface area (Å²) in [7, 11) is 0. The number of rotatable bonds is 3. The first-order valence-electron chi connectivity index (χ1n) is 6.20. The van der Waals surface area contributed by atoms with Gasteiger partial charge >= 0.3 is 11.7 Å². The lowest BCUT2D eigenvalue weighted by Crippen LogP contribution is -2.34. The summed E-state index contributed by atoms with van der Waals surface area (Å²) in [5, 5.41) is 28.1. The van der Waals surface area contributed by atoms with Gasteiger partial charge in [0.15, 0.2) is 5.82 Å². The number of hydrogen-bond acceptors (Lipinski definition) is 6. The number of benzene rings is 1. The van der Waals surface area contributed by atoms with Crippen molar-refractivity contribution >= 4 is 17.3 Å². The van der Waals surface area contributed by atoms with Crippen molar-refractivity contribution in [2.45, 2.75) is 13.1 Å². The lowest BCUT2D eigenvalue weighted by Gasteiger charge is -2.28. The van der Waals surface area contributed by atoms with Crippen LogP contribution in [0.3, 0.4) is 0 Å². The molecule has 0 saturated heterocycles. The number of fused-ring (bicyclic) bond motifs is 1. The maximum Gasteiger partial charge on any atom is 0.342 e. The molecule has 1 aromatic carbocycles. The van der Waals surface area contributed by atoms with Gasteiger partial charge in [-0.1, -0.05) is 6.07 Å². The van der Waals surface area contributed by atoms with Crippen LogP contribution in [0.25, 0.3) is 0 Å². The Kier molecular flexibility index (Phi) is 3.01. The maximum atomic E-state index is 11.3. The third kappa shape index (κ3) is 2.18. The molecule has 108 valence electrons. The molecule has 0 unspecified atom stereocenters. The predicted molar refractivity (Wildman–Crippen MR) is 71.1 cm³/mol. The summed E-state index contributed by atoms with van der Waals surface area (Å²) in [5.41, 5.74) is -0.420. The van der Waals surface area contributed by atoms with Crippen LogP contribution in [-0.2, 0) is 13.1 Å². The molecule has 0 atom stereocenters. The number of anilines is 1. The number of aromatic nitrogens is 3. The van der Waals surface area contributed by atoms with E-state index in [0.29, 0.717) is 25.5 Å². The fourth-order valence-electron chi connectivity index (χ4n) is 2.42. The van der Waals surface area contributed by atoms with Crippen molar-refractivity contribution in [3.05, 3.63) is 46.0 Å². The predicted octanol–water partition coefficient (Wildman–Crippen LogP) is 0.905. The second kappa shape index (κ2) is 4.85. The Bertz CT molecular complexity index is 726. The van der Waals surface area contributed by atoms with E-state index in [2.05, 4.69) is 10.2 Å². The Labute approximate surface area is 118 Å². The Balaban J connectivity index is 2.05. The van der Waals surface area contributed by atoms with E-state index in [9.17, 15) is 14.9 Å². The zero-order chi connectivity index (χ0) is 15.0. The third-order valence-corrected chi connectivity index (χ3v) is 3.41. The largest absolute Gasteiger partial charge is 0.477 e. The minimum Gasteiger partial charge on any atom is -0.477 e. The van der Waals surface area contributed by atoms with Gasteiger partial charge in [0.25, 0.3) is 0 Å². The van der Waals surface area contributed by atoms with Crippen LogP contribution in [0.5, 0.6) is 0 Å². The number of hydrogen-bond donors (Lipinski definition) is 1. The number of aromatic carboxylic acids is 1. The Morgan fingerprint density at radius 3 is 2.90 bits per heavy atom. The highest BCUT2D eigenvalue weighted by Crippen LogP contribution is 2.33. The minimum atomic E-state index is -1.32. The number of carbonyl (C=O) groups is 1. The quantitative estimate of drug-likeness (QED) is 0.659. The van der Waals surface area contributed by atoms with E-state index in [1.165, 1.54) is 12.1 Å². The second-order valence-corrected chi connectivity index (χ2v) is 4.60. The number of para-hydroxylation sites is 1. The summed E-state index contributed by atoms with van der Waals surface area (Å²) in [6.45, 7) is 1.47. The molecular formula is C12H11N5O4. The molecule has 0 amide bonds. The molecule has 0 saturated carbocycles. The monoisotopic (exact) mass is 289 g/mol. The van der Waals surface area contributed by atoms with Crippen molar-refractivity contribution in [3.63, 3.8) is 0 Å². The van der Waals surface area contributed by atoms with Crippen molar-refractivity contribution in [2.75, 3.05) is 11.4 Å². The average molecular weight is 289 g/mol. The van der Waals surface area contributed by atoms with Crippen molar-refractivity contribution in [1.82, 2.24) is 14.8 Å². The molecule has 0 spiro atoms. The van der Waals surface area contributed by atoms with E-state index < -0.39 is 16.6 Å². The van der Waals surface area contributed by atoms with Crippen molar-refractivity contribution in [3.8, 4) is 0 Å². The molecule has 1 N–H and O–H groups in total. The van der Waals surface area contributed by atoms with Crippen LogP contribution in [0.2, 0.25) is 0 Å². The Morgan fingerprint density at radius 1 is 1.38 bits per heavy atom. The highest BCUT2D eigenvalue weighted by Gasteiger charge is 2.29. The van der Waals surface area contributed by atoms with Crippen LogP contribution in [0.15, 0.2) is 24.5 Å². The first kappa shape index (κ1) is 13.0. The number of nitro benzene ring substituents is 1. The fourth-order valence-corrected chi connectivity index (χ4v) is 2.42. The molecular weight excluding hydrogens is 278 g/mol. The van der Waals surface area contributed by atoms with Crippen LogP contribution < -0.4 is 4.90 Å². The summed E-state index contributed by atoms with van der Waals surface area (Å²) < 4.78 is 1.86. The lowest BCUT2D eigenvalue weighted by atomic mass is 10.1. The SMILES string of the molecule is O=C(O)c1cccc(N2CCn3cnnc3C2)c1[N+](=O)[O-]. The van der Waals surface area contributed by atoms with Gasteiger partial charge in [0.2, 0.25) is 0 Å². The molecule has 9 heteroatoms. The molecule has 0 fully saturated rings. The van der Waals surface area contributed by atoms with Crippen molar-refractivity contribution in [1.29, 1.82) is 0 Å². The van der Waals surface area contributed by atoms with Crippen LogP contribution in [0.4, 0.5) is 11.4 Å². The first-order valence-corrected chi connectivity index (χ1v) is 6.20. The first-order chi connectivity index (χ1) is 10.1. The standard InChI is InChI=1S/C12H11N5O4/c18-12(19)8-2-1-3-9(11(8)17(20)21)15-4-5-16-7-13-14-10(16)6-15/h1-3,7H,4-6H2,(H,18,19). The topological polar surface area (TPSA) is 114 Å². The molecule has 1 aliphatic rings. The van der Waals surface area contributed by atoms with E-state index in [1.54, 1.807) is 17.3 Å². The molecule has 1 aliphatic heterocycles. The number of nitro groups is 1. The number of carboxylic acid groups (broad SMARTS) is 1. The molecule has 21 heavy (non-hydrogen) atoms. The molecule has 0 radical (unpaired) electrons. The van der Waals surface area contributed by atoms with E-state index in [-0.39, 0.29) is 11.3 Å². The summed E-state index contributed by atoms with van der Waals surface area (Å²) in [6.07, 6.45) is 1.61. The van der Waals surface area contributed by atoms with Crippen molar-refractivity contribution < 1.29 is 14.8 Å². The maximum absolute atomic E-state index is 11.3. The molecule has 2 aromatic rings. The molecule has 0 bridgehead atoms. The minimum absolute atomic E-state index is 0.286.